The van der Waals surface area contributed by atoms with Crippen LogP contribution in [-0.2, 0) is 0 Å². The average Bonchev–Trinajstić information content (AvgIpc) is 2.48. The molecule has 20 heavy (non-hydrogen) atoms. The van der Waals surface area contributed by atoms with E-state index in [-0.39, 0.29) is 5.82 Å². The third-order valence-electron chi connectivity index (χ3n) is 4.34. The predicted octanol–water partition coefficient (Wildman–Crippen LogP) is 3.99. The van der Waals surface area contributed by atoms with Crippen LogP contribution in [0.5, 0.6) is 0 Å². The highest BCUT2D eigenvalue weighted by Crippen LogP contribution is 2.38. The molecule has 3 rings (SSSR count). The molecule has 104 valence electrons. The molecule has 0 spiro atoms. The fourth-order valence-corrected chi connectivity index (χ4v) is 3.34. The van der Waals surface area contributed by atoms with Gasteiger partial charge in [-0.1, -0.05) is 36.4 Å². The third kappa shape index (κ3) is 2.61. The van der Waals surface area contributed by atoms with Crippen LogP contribution < -0.4 is 5.32 Å². The first-order valence-electron chi connectivity index (χ1n) is 7.27. The highest BCUT2D eigenvalue weighted by Gasteiger charge is 2.28. The van der Waals surface area contributed by atoms with Crippen molar-refractivity contribution in [3.05, 3.63) is 71.0 Å². The molecule has 1 aliphatic heterocycles. The minimum atomic E-state index is -0.142. The van der Waals surface area contributed by atoms with Gasteiger partial charge in [-0.25, -0.2) is 4.39 Å². The Morgan fingerprint density at radius 3 is 2.60 bits per heavy atom. The number of aryl methyl sites for hydroxylation is 1. The monoisotopic (exact) mass is 269 g/mol. The van der Waals surface area contributed by atoms with Gasteiger partial charge in [0, 0.05) is 12.5 Å². The van der Waals surface area contributed by atoms with Gasteiger partial charge in [-0.05, 0) is 54.6 Å². The summed E-state index contributed by atoms with van der Waals surface area (Å²) in [4.78, 5) is 0. The zero-order valence-electron chi connectivity index (χ0n) is 11.8. The number of hydrogen-bond acceptors (Lipinski definition) is 1. The highest BCUT2D eigenvalue weighted by atomic mass is 19.1. The Morgan fingerprint density at radius 1 is 1.05 bits per heavy atom. The van der Waals surface area contributed by atoms with E-state index in [9.17, 15) is 4.39 Å². The second kappa shape index (κ2) is 5.76. The molecule has 1 heterocycles. The second-order valence-electron chi connectivity index (χ2n) is 5.62. The lowest BCUT2D eigenvalue weighted by Gasteiger charge is -2.34. The van der Waals surface area contributed by atoms with Crippen molar-refractivity contribution in [1.82, 2.24) is 5.32 Å². The SMILES string of the molecule is Cc1cc(F)ccc1C1CCNCC1c1ccccc1. The van der Waals surface area contributed by atoms with Crippen molar-refractivity contribution in [3.63, 3.8) is 0 Å². The lowest BCUT2D eigenvalue weighted by atomic mass is 9.76. The summed E-state index contributed by atoms with van der Waals surface area (Å²) in [5.74, 6) is 0.796. The fourth-order valence-electron chi connectivity index (χ4n) is 3.34. The van der Waals surface area contributed by atoms with Crippen LogP contribution in [0.25, 0.3) is 0 Å². The Kier molecular flexibility index (Phi) is 3.83. The first-order valence-corrected chi connectivity index (χ1v) is 7.27. The molecular weight excluding hydrogens is 249 g/mol. The number of nitrogens with one attached hydrogen (secondary N) is 1. The van der Waals surface area contributed by atoms with Crippen molar-refractivity contribution < 1.29 is 4.39 Å². The molecule has 0 aromatic heterocycles. The number of hydrogen-bond donors (Lipinski definition) is 1. The summed E-state index contributed by atoms with van der Waals surface area (Å²) in [6, 6.07) is 15.9. The van der Waals surface area contributed by atoms with Crippen LogP contribution in [0, 0.1) is 12.7 Å². The predicted molar refractivity (Wildman–Crippen MR) is 80.5 cm³/mol. The largest absolute Gasteiger partial charge is 0.316 e. The van der Waals surface area contributed by atoms with Crippen LogP contribution in [-0.4, -0.2) is 13.1 Å². The molecule has 1 nitrogen and oxygen atoms in total. The molecule has 0 saturated carbocycles. The summed E-state index contributed by atoms with van der Waals surface area (Å²) < 4.78 is 13.3. The quantitative estimate of drug-likeness (QED) is 0.869. The van der Waals surface area contributed by atoms with E-state index >= 15 is 0 Å². The zero-order chi connectivity index (χ0) is 13.9. The molecule has 1 saturated heterocycles. The van der Waals surface area contributed by atoms with Gasteiger partial charge in [0.05, 0.1) is 0 Å². The third-order valence-corrected chi connectivity index (χ3v) is 4.34. The summed E-state index contributed by atoms with van der Waals surface area (Å²) in [6.07, 6.45) is 1.10. The van der Waals surface area contributed by atoms with E-state index in [1.807, 2.05) is 13.0 Å². The van der Waals surface area contributed by atoms with Crippen LogP contribution >= 0.6 is 0 Å². The van der Waals surface area contributed by atoms with Gasteiger partial charge < -0.3 is 5.32 Å². The maximum absolute atomic E-state index is 13.3. The van der Waals surface area contributed by atoms with Gasteiger partial charge in [0.25, 0.3) is 0 Å². The van der Waals surface area contributed by atoms with Gasteiger partial charge in [0.15, 0.2) is 0 Å². The lowest BCUT2D eigenvalue weighted by molar-refractivity contribution is 0.402. The van der Waals surface area contributed by atoms with E-state index in [0.717, 1.165) is 25.1 Å². The van der Waals surface area contributed by atoms with E-state index in [1.165, 1.54) is 11.1 Å². The van der Waals surface area contributed by atoms with Gasteiger partial charge >= 0.3 is 0 Å². The summed E-state index contributed by atoms with van der Waals surface area (Å²) in [7, 11) is 0. The molecule has 2 heteroatoms. The number of halogens is 1. The Hall–Kier alpha value is -1.67. The van der Waals surface area contributed by atoms with Crippen molar-refractivity contribution in [2.24, 2.45) is 0 Å². The van der Waals surface area contributed by atoms with Crippen molar-refractivity contribution in [2.75, 3.05) is 13.1 Å². The van der Waals surface area contributed by atoms with Gasteiger partial charge in [-0.15, -0.1) is 0 Å². The summed E-state index contributed by atoms with van der Waals surface area (Å²) >= 11 is 0. The maximum Gasteiger partial charge on any atom is 0.123 e. The van der Waals surface area contributed by atoms with Crippen LogP contribution in [0.1, 0.15) is 34.9 Å². The Morgan fingerprint density at radius 2 is 1.85 bits per heavy atom. The van der Waals surface area contributed by atoms with Crippen molar-refractivity contribution in [2.45, 2.75) is 25.2 Å². The molecule has 0 amide bonds. The topological polar surface area (TPSA) is 12.0 Å². The van der Waals surface area contributed by atoms with Crippen LogP contribution in [0.4, 0.5) is 4.39 Å². The van der Waals surface area contributed by atoms with E-state index in [4.69, 9.17) is 0 Å². The maximum atomic E-state index is 13.3. The van der Waals surface area contributed by atoms with Crippen molar-refractivity contribution >= 4 is 0 Å². The molecule has 0 bridgehead atoms. The molecule has 0 radical (unpaired) electrons. The normalized spacial score (nSPS) is 22.7. The molecule has 2 aromatic rings. The molecular formula is C18H20FN. The van der Waals surface area contributed by atoms with Gasteiger partial charge in [0.1, 0.15) is 5.82 Å². The van der Waals surface area contributed by atoms with E-state index in [1.54, 1.807) is 12.1 Å². The molecule has 1 aliphatic rings. The van der Waals surface area contributed by atoms with E-state index in [2.05, 4.69) is 35.6 Å². The highest BCUT2D eigenvalue weighted by molar-refractivity contribution is 5.35. The number of benzene rings is 2. The Labute approximate surface area is 119 Å². The fraction of sp³-hybridized carbons (Fsp3) is 0.333. The minimum absolute atomic E-state index is 0.142. The van der Waals surface area contributed by atoms with E-state index in [0.29, 0.717) is 11.8 Å². The first-order chi connectivity index (χ1) is 9.75. The zero-order valence-corrected chi connectivity index (χ0v) is 11.8. The molecule has 2 aromatic carbocycles. The van der Waals surface area contributed by atoms with Gasteiger partial charge in [0.2, 0.25) is 0 Å². The Bertz CT molecular complexity index is 579. The van der Waals surface area contributed by atoms with Gasteiger partial charge in [-0.2, -0.15) is 0 Å². The van der Waals surface area contributed by atoms with Crippen LogP contribution in [0.15, 0.2) is 48.5 Å². The standard InChI is InChI=1S/C18H20FN/c1-13-11-15(19)7-8-16(13)17-9-10-20-12-18(17)14-5-3-2-4-6-14/h2-8,11,17-18,20H,9-10,12H2,1H3. The number of rotatable bonds is 2. The summed E-state index contributed by atoms with van der Waals surface area (Å²) in [6.45, 7) is 4.04. The smallest absolute Gasteiger partial charge is 0.123 e. The van der Waals surface area contributed by atoms with Gasteiger partial charge in [-0.3, -0.25) is 0 Å². The minimum Gasteiger partial charge on any atom is -0.316 e. The Balaban J connectivity index is 1.97. The molecule has 1 fully saturated rings. The lowest BCUT2D eigenvalue weighted by Crippen LogP contribution is -2.34. The van der Waals surface area contributed by atoms with Crippen LogP contribution in [0.2, 0.25) is 0 Å². The average molecular weight is 269 g/mol. The van der Waals surface area contributed by atoms with E-state index < -0.39 is 0 Å². The molecule has 2 unspecified atom stereocenters. The first kappa shape index (κ1) is 13.3. The van der Waals surface area contributed by atoms with Crippen LogP contribution in [0.3, 0.4) is 0 Å². The number of piperidine rings is 1. The summed E-state index contributed by atoms with van der Waals surface area (Å²) in [5, 5.41) is 3.49. The summed E-state index contributed by atoms with van der Waals surface area (Å²) in [5.41, 5.74) is 3.73. The van der Waals surface area contributed by atoms with Crippen molar-refractivity contribution in [1.29, 1.82) is 0 Å². The molecule has 0 aliphatic carbocycles. The molecule has 1 N–H and O–H groups in total. The van der Waals surface area contributed by atoms with Crippen molar-refractivity contribution in [3.8, 4) is 0 Å². The second-order valence-corrected chi connectivity index (χ2v) is 5.62. The molecule has 2 atom stereocenters.